The summed E-state index contributed by atoms with van der Waals surface area (Å²) >= 11 is 0. The molecule has 0 unspecified atom stereocenters. The maximum absolute atomic E-state index is 12.9. The van der Waals surface area contributed by atoms with Crippen LogP contribution >= 0.6 is 0 Å². The molecule has 0 radical (unpaired) electrons. The Morgan fingerprint density at radius 3 is 2.52 bits per heavy atom. The van der Waals surface area contributed by atoms with Gasteiger partial charge in [0.1, 0.15) is 12.3 Å². The van der Waals surface area contributed by atoms with Crippen molar-refractivity contribution in [1.82, 2.24) is 9.80 Å². The lowest BCUT2D eigenvalue weighted by molar-refractivity contribution is -0.163. The van der Waals surface area contributed by atoms with Crippen molar-refractivity contribution in [1.29, 1.82) is 0 Å². The predicted molar refractivity (Wildman–Crippen MR) is 95.7 cm³/mol. The summed E-state index contributed by atoms with van der Waals surface area (Å²) in [5, 5.41) is 0. The van der Waals surface area contributed by atoms with Gasteiger partial charge in [0.2, 0.25) is 5.91 Å². The number of benzene rings is 1. The van der Waals surface area contributed by atoms with Crippen LogP contribution < -0.4 is 0 Å². The number of nitrogens with zero attached hydrogens (tertiary/aromatic N) is 2. The number of alkyl halides is 3. The van der Waals surface area contributed by atoms with Gasteiger partial charge in [-0.25, -0.2) is 0 Å². The Balaban J connectivity index is 1.61. The van der Waals surface area contributed by atoms with Gasteiger partial charge in [0.05, 0.1) is 19.4 Å². The summed E-state index contributed by atoms with van der Waals surface area (Å²) in [5.41, 5.74) is 2.34. The maximum atomic E-state index is 12.9. The van der Waals surface area contributed by atoms with Crippen molar-refractivity contribution in [3.63, 3.8) is 0 Å². The molecule has 7 heteroatoms. The summed E-state index contributed by atoms with van der Waals surface area (Å²) in [6.07, 6.45) is -0.280. The van der Waals surface area contributed by atoms with Crippen LogP contribution in [0.4, 0.5) is 13.2 Å². The third kappa shape index (κ3) is 5.72. The summed E-state index contributed by atoms with van der Waals surface area (Å²) in [6.45, 7) is -0.352. The predicted octanol–water partition coefficient (Wildman–Crippen LogP) is 3.96. The van der Waals surface area contributed by atoms with Crippen LogP contribution in [0.1, 0.15) is 17.7 Å². The number of rotatable bonds is 6. The standard InChI is InChI=1S/C20H21F3N2O2/c21-20(22,23)15-25(13-18-7-4-12-27-18)19(26)14-24-10-8-17(9-11-24)16-5-2-1-3-6-16/h1-8,12H,9-11,13-15H2. The second-order valence-electron chi connectivity index (χ2n) is 6.52. The zero-order valence-corrected chi connectivity index (χ0v) is 14.8. The molecule has 0 spiro atoms. The van der Waals surface area contributed by atoms with Crippen LogP contribution in [-0.2, 0) is 11.3 Å². The number of furan rings is 1. The van der Waals surface area contributed by atoms with Crippen molar-refractivity contribution in [3.05, 3.63) is 66.1 Å². The minimum Gasteiger partial charge on any atom is -0.467 e. The smallest absolute Gasteiger partial charge is 0.406 e. The Bertz CT molecular complexity index is 770. The lowest BCUT2D eigenvalue weighted by Gasteiger charge is -2.29. The van der Waals surface area contributed by atoms with E-state index >= 15 is 0 Å². The van der Waals surface area contributed by atoms with Crippen LogP contribution in [0.3, 0.4) is 0 Å². The van der Waals surface area contributed by atoms with E-state index in [-0.39, 0.29) is 13.1 Å². The zero-order valence-electron chi connectivity index (χ0n) is 14.8. The molecule has 0 N–H and O–H groups in total. The highest BCUT2D eigenvalue weighted by Gasteiger charge is 2.34. The first-order valence-electron chi connectivity index (χ1n) is 8.74. The first kappa shape index (κ1) is 19.2. The number of hydrogen-bond donors (Lipinski definition) is 0. The fourth-order valence-corrected chi connectivity index (χ4v) is 3.10. The molecule has 0 aliphatic carbocycles. The van der Waals surface area contributed by atoms with Crippen molar-refractivity contribution in [2.75, 3.05) is 26.2 Å². The number of hydrogen-bond acceptors (Lipinski definition) is 3. The van der Waals surface area contributed by atoms with E-state index in [4.69, 9.17) is 4.42 Å². The zero-order chi connectivity index (χ0) is 19.3. The van der Waals surface area contributed by atoms with E-state index in [1.165, 1.54) is 11.8 Å². The van der Waals surface area contributed by atoms with Gasteiger partial charge in [0.15, 0.2) is 0 Å². The monoisotopic (exact) mass is 378 g/mol. The van der Waals surface area contributed by atoms with E-state index in [2.05, 4.69) is 0 Å². The van der Waals surface area contributed by atoms with Crippen molar-refractivity contribution in [2.45, 2.75) is 19.1 Å². The summed E-state index contributed by atoms with van der Waals surface area (Å²) in [6, 6.07) is 13.1. The largest absolute Gasteiger partial charge is 0.467 e. The molecule has 2 heterocycles. The molecular weight excluding hydrogens is 357 g/mol. The summed E-state index contributed by atoms with van der Waals surface area (Å²) in [4.78, 5) is 15.2. The highest BCUT2D eigenvalue weighted by atomic mass is 19.4. The molecule has 1 amide bonds. The van der Waals surface area contributed by atoms with Gasteiger partial charge in [-0.3, -0.25) is 9.69 Å². The Morgan fingerprint density at radius 1 is 1.15 bits per heavy atom. The van der Waals surface area contributed by atoms with Gasteiger partial charge in [0.25, 0.3) is 0 Å². The molecule has 1 aromatic heterocycles. The van der Waals surface area contributed by atoms with Gasteiger partial charge in [0, 0.05) is 13.1 Å². The molecule has 144 valence electrons. The number of carbonyl (C=O) groups is 1. The topological polar surface area (TPSA) is 36.7 Å². The van der Waals surface area contributed by atoms with Gasteiger partial charge in [-0.15, -0.1) is 0 Å². The van der Waals surface area contributed by atoms with E-state index in [1.54, 1.807) is 12.1 Å². The van der Waals surface area contributed by atoms with E-state index in [0.717, 1.165) is 16.9 Å². The minimum absolute atomic E-state index is 0.0463. The van der Waals surface area contributed by atoms with Crippen LogP contribution in [0.15, 0.2) is 59.2 Å². The second kappa shape index (κ2) is 8.43. The normalized spacial score (nSPS) is 15.4. The summed E-state index contributed by atoms with van der Waals surface area (Å²) in [7, 11) is 0. The molecule has 0 saturated carbocycles. The van der Waals surface area contributed by atoms with Crippen LogP contribution in [0.2, 0.25) is 0 Å². The highest BCUT2D eigenvalue weighted by molar-refractivity contribution is 5.78. The maximum Gasteiger partial charge on any atom is 0.406 e. The minimum atomic E-state index is -4.45. The molecule has 0 bridgehead atoms. The van der Waals surface area contributed by atoms with Gasteiger partial charge in [-0.2, -0.15) is 13.2 Å². The Labute approximate surface area is 155 Å². The number of amides is 1. The van der Waals surface area contributed by atoms with E-state index in [0.29, 0.717) is 18.8 Å². The summed E-state index contributed by atoms with van der Waals surface area (Å²) in [5.74, 6) is -0.224. The molecule has 2 aromatic rings. The van der Waals surface area contributed by atoms with Gasteiger partial charge >= 0.3 is 6.18 Å². The van der Waals surface area contributed by atoms with Crippen molar-refractivity contribution in [3.8, 4) is 0 Å². The average Bonchev–Trinajstić information content (AvgIpc) is 3.14. The van der Waals surface area contributed by atoms with Crippen LogP contribution in [0, 0.1) is 0 Å². The number of halogens is 3. The third-order valence-electron chi connectivity index (χ3n) is 4.45. The van der Waals surface area contributed by atoms with Crippen LogP contribution in [0.25, 0.3) is 5.57 Å². The Kier molecular flexibility index (Phi) is 6.01. The van der Waals surface area contributed by atoms with Crippen molar-refractivity contribution >= 4 is 11.5 Å². The molecule has 3 rings (SSSR count). The Morgan fingerprint density at radius 2 is 1.93 bits per heavy atom. The van der Waals surface area contributed by atoms with Crippen molar-refractivity contribution < 1.29 is 22.4 Å². The quantitative estimate of drug-likeness (QED) is 0.764. The molecule has 1 aromatic carbocycles. The molecule has 27 heavy (non-hydrogen) atoms. The molecule has 0 fully saturated rings. The SMILES string of the molecule is O=C(CN1CC=C(c2ccccc2)CC1)N(Cc1ccco1)CC(F)(F)F. The Hall–Kier alpha value is -2.54. The highest BCUT2D eigenvalue weighted by Crippen LogP contribution is 2.23. The first-order chi connectivity index (χ1) is 12.9. The number of carbonyl (C=O) groups excluding carboxylic acids is 1. The molecule has 1 aliphatic heterocycles. The third-order valence-corrected chi connectivity index (χ3v) is 4.45. The molecule has 0 atom stereocenters. The fraction of sp³-hybridized carbons (Fsp3) is 0.350. The van der Waals surface area contributed by atoms with Crippen LogP contribution in [0.5, 0.6) is 0 Å². The average molecular weight is 378 g/mol. The van der Waals surface area contributed by atoms with E-state index < -0.39 is 18.6 Å². The van der Waals surface area contributed by atoms with Gasteiger partial charge in [-0.05, 0) is 29.7 Å². The molecule has 1 aliphatic rings. The van der Waals surface area contributed by atoms with E-state index in [1.807, 2.05) is 41.3 Å². The lowest BCUT2D eigenvalue weighted by atomic mass is 9.99. The van der Waals surface area contributed by atoms with E-state index in [9.17, 15) is 18.0 Å². The van der Waals surface area contributed by atoms with Gasteiger partial charge in [-0.1, -0.05) is 36.4 Å². The summed E-state index contributed by atoms with van der Waals surface area (Å²) < 4.78 is 43.7. The second-order valence-corrected chi connectivity index (χ2v) is 6.52. The fourth-order valence-electron chi connectivity index (χ4n) is 3.10. The molecule has 0 saturated heterocycles. The molecule has 4 nitrogen and oxygen atoms in total. The van der Waals surface area contributed by atoms with Gasteiger partial charge < -0.3 is 9.32 Å². The van der Waals surface area contributed by atoms with Crippen molar-refractivity contribution in [2.24, 2.45) is 0 Å². The lowest BCUT2D eigenvalue weighted by Crippen LogP contribution is -2.44. The first-order valence-corrected chi connectivity index (χ1v) is 8.74. The van der Waals surface area contributed by atoms with Crippen LogP contribution in [-0.4, -0.2) is 48.1 Å². The molecular formula is C20H21F3N2O2.